The molecule has 1 fully saturated rings. The molecule has 186 valence electrons. The fourth-order valence-electron chi connectivity index (χ4n) is 5.37. The Balaban J connectivity index is 1.23. The maximum atomic E-state index is 13.8. The highest BCUT2D eigenvalue weighted by Gasteiger charge is 2.30. The van der Waals surface area contributed by atoms with Crippen molar-refractivity contribution in [2.45, 2.75) is 12.6 Å². The number of hydrogen-bond acceptors (Lipinski definition) is 3. The van der Waals surface area contributed by atoms with E-state index in [0.29, 0.717) is 30.9 Å². The van der Waals surface area contributed by atoms with Crippen LogP contribution in [0, 0.1) is 5.82 Å². The van der Waals surface area contributed by atoms with Crippen molar-refractivity contribution in [1.29, 1.82) is 0 Å². The zero-order chi connectivity index (χ0) is 25.2. The van der Waals surface area contributed by atoms with Crippen LogP contribution in [0.2, 0.25) is 0 Å². The van der Waals surface area contributed by atoms with Gasteiger partial charge in [-0.15, -0.1) is 0 Å². The topological polar surface area (TPSA) is 41.6 Å². The number of piperazine rings is 1. The number of benzene rings is 3. The number of hydrogen-bond donors (Lipinski definition) is 0. The van der Waals surface area contributed by atoms with Gasteiger partial charge in [0, 0.05) is 44.9 Å². The van der Waals surface area contributed by atoms with Gasteiger partial charge in [0.15, 0.2) is 5.58 Å². The molecular weight excluding hydrogens is 465 g/mol. The second-order valence-electron chi connectivity index (χ2n) is 9.47. The lowest BCUT2D eigenvalue weighted by molar-refractivity contribution is 0.0588. The van der Waals surface area contributed by atoms with Gasteiger partial charge < -0.3 is 13.9 Å². The van der Waals surface area contributed by atoms with Crippen molar-refractivity contribution in [2.24, 2.45) is 0 Å². The number of carbonyl (C=O) groups is 1. The first-order chi connectivity index (χ1) is 18.2. The first-order valence-corrected chi connectivity index (χ1v) is 12.6. The van der Waals surface area contributed by atoms with Gasteiger partial charge in [-0.05, 0) is 28.8 Å². The smallest absolute Gasteiger partial charge is 0.270 e. The highest BCUT2D eigenvalue weighted by Crippen LogP contribution is 2.30. The lowest BCUT2D eigenvalue weighted by Crippen LogP contribution is -2.50. The lowest BCUT2D eigenvalue weighted by Gasteiger charge is -2.39. The molecule has 3 heterocycles. The van der Waals surface area contributed by atoms with Gasteiger partial charge in [0.05, 0.1) is 17.8 Å². The molecule has 0 saturated carbocycles. The summed E-state index contributed by atoms with van der Waals surface area (Å²) in [4.78, 5) is 18.1. The van der Waals surface area contributed by atoms with Crippen molar-refractivity contribution in [3.05, 3.63) is 132 Å². The molecule has 5 aromatic rings. The SMILES string of the molecule is O=C(c1cc2occc2n1Cc1cccc(F)c1)N1CCN(C(c2ccccc2)c2ccccc2)CC1. The minimum absolute atomic E-state index is 0.0292. The summed E-state index contributed by atoms with van der Waals surface area (Å²) in [5.74, 6) is -0.318. The van der Waals surface area contributed by atoms with E-state index in [4.69, 9.17) is 4.42 Å². The fourth-order valence-corrected chi connectivity index (χ4v) is 5.37. The molecule has 0 N–H and O–H groups in total. The largest absolute Gasteiger partial charge is 0.463 e. The molecule has 2 aromatic heterocycles. The maximum Gasteiger partial charge on any atom is 0.270 e. The number of rotatable bonds is 6. The number of aromatic nitrogens is 1. The van der Waals surface area contributed by atoms with Crippen LogP contribution in [-0.2, 0) is 6.54 Å². The van der Waals surface area contributed by atoms with E-state index in [2.05, 4.69) is 53.4 Å². The van der Waals surface area contributed by atoms with Crippen LogP contribution >= 0.6 is 0 Å². The van der Waals surface area contributed by atoms with E-state index >= 15 is 0 Å². The minimum atomic E-state index is -0.288. The monoisotopic (exact) mass is 493 g/mol. The molecule has 37 heavy (non-hydrogen) atoms. The first-order valence-electron chi connectivity index (χ1n) is 12.6. The van der Waals surface area contributed by atoms with Crippen LogP contribution in [0.1, 0.15) is 33.2 Å². The molecule has 1 amide bonds. The lowest BCUT2D eigenvalue weighted by atomic mass is 9.96. The van der Waals surface area contributed by atoms with Gasteiger partial charge in [-0.3, -0.25) is 9.69 Å². The summed E-state index contributed by atoms with van der Waals surface area (Å²) in [6.07, 6.45) is 1.62. The number of amides is 1. The number of furan rings is 1. The Morgan fingerprint density at radius 3 is 2.14 bits per heavy atom. The van der Waals surface area contributed by atoms with Crippen LogP contribution < -0.4 is 0 Å². The van der Waals surface area contributed by atoms with Gasteiger partial charge in [-0.2, -0.15) is 0 Å². The van der Waals surface area contributed by atoms with E-state index < -0.39 is 0 Å². The molecule has 1 aliphatic rings. The molecule has 0 aliphatic carbocycles. The second kappa shape index (κ2) is 10.1. The number of carbonyl (C=O) groups excluding carboxylic acids is 1. The maximum absolute atomic E-state index is 13.8. The minimum Gasteiger partial charge on any atom is -0.463 e. The van der Waals surface area contributed by atoms with E-state index in [9.17, 15) is 9.18 Å². The van der Waals surface area contributed by atoms with Crippen molar-refractivity contribution >= 4 is 17.0 Å². The van der Waals surface area contributed by atoms with Crippen LogP contribution in [0.15, 0.2) is 108 Å². The number of fused-ring (bicyclic) bond motifs is 1. The van der Waals surface area contributed by atoms with Gasteiger partial charge in [-0.1, -0.05) is 72.8 Å². The van der Waals surface area contributed by atoms with E-state index in [1.54, 1.807) is 18.4 Å². The van der Waals surface area contributed by atoms with Crippen LogP contribution in [-0.4, -0.2) is 46.5 Å². The van der Waals surface area contributed by atoms with Crippen molar-refractivity contribution in [1.82, 2.24) is 14.4 Å². The van der Waals surface area contributed by atoms with Crippen LogP contribution in [0.3, 0.4) is 0 Å². The number of nitrogens with zero attached hydrogens (tertiary/aromatic N) is 3. The molecule has 0 bridgehead atoms. The van der Waals surface area contributed by atoms with Crippen LogP contribution in [0.5, 0.6) is 0 Å². The fraction of sp³-hybridized carbons (Fsp3) is 0.194. The summed E-state index contributed by atoms with van der Waals surface area (Å²) in [7, 11) is 0. The Hall–Kier alpha value is -4.16. The second-order valence-corrected chi connectivity index (χ2v) is 9.47. The van der Waals surface area contributed by atoms with Crippen molar-refractivity contribution < 1.29 is 13.6 Å². The molecule has 0 spiro atoms. The molecule has 0 radical (unpaired) electrons. The van der Waals surface area contributed by atoms with Crippen molar-refractivity contribution in [3.8, 4) is 0 Å². The molecule has 0 unspecified atom stereocenters. The third kappa shape index (κ3) is 4.68. The summed E-state index contributed by atoms with van der Waals surface area (Å²) < 4.78 is 21.4. The van der Waals surface area contributed by atoms with E-state index in [-0.39, 0.29) is 17.8 Å². The zero-order valence-corrected chi connectivity index (χ0v) is 20.5. The quantitative estimate of drug-likeness (QED) is 0.293. The summed E-state index contributed by atoms with van der Waals surface area (Å²) >= 11 is 0. The van der Waals surface area contributed by atoms with Gasteiger partial charge in [0.25, 0.3) is 5.91 Å². The predicted octanol–water partition coefficient (Wildman–Crippen LogP) is 5.97. The Kier molecular flexibility index (Phi) is 6.33. The average molecular weight is 494 g/mol. The molecule has 3 aromatic carbocycles. The Labute approximate surface area is 215 Å². The highest BCUT2D eigenvalue weighted by molar-refractivity contribution is 5.97. The highest BCUT2D eigenvalue weighted by atomic mass is 19.1. The Morgan fingerprint density at radius 1 is 0.811 bits per heavy atom. The van der Waals surface area contributed by atoms with Crippen LogP contribution in [0.4, 0.5) is 4.39 Å². The van der Waals surface area contributed by atoms with E-state index in [1.165, 1.54) is 23.3 Å². The third-order valence-electron chi connectivity index (χ3n) is 7.17. The number of halogens is 1. The zero-order valence-electron chi connectivity index (χ0n) is 20.5. The molecule has 5 nitrogen and oxygen atoms in total. The molecule has 6 heteroatoms. The molecule has 1 aliphatic heterocycles. The molecular formula is C31H28FN3O2. The molecule has 6 rings (SSSR count). The van der Waals surface area contributed by atoms with Gasteiger partial charge in [0.2, 0.25) is 0 Å². The first kappa shape index (κ1) is 23.3. The van der Waals surface area contributed by atoms with Crippen LogP contribution in [0.25, 0.3) is 11.1 Å². The normalized spacial score (nSPS) is 14.5. The van der Waals surface area contributed by atoms with E-state index in [0.717, 1.165) is 24.2 Å². The predicted molar refractivity (Wildman–Crippen MR) is 142 cm³/mol. The molecule has 1 saturated heterocycles. The summed E-state index contributed by atoms with van der Waals surface area (Å²) in [6.45, 7) is 3.18. The summed E-state index contributed by atoms with van der Waals surface area (Å²) in [5.41, 5.74) is 5.35. The van der Waals surface area contributed by atoms with Crippen molar-refractivity contribution in [2.75, 3.05) is 26.2 Å². The van der Waals surface area contributed by atoms with Gasteiger partial charge in [-0.25, -0.2) is 4.39 Å². The molecule has 0 atom stereocenters. The third-order valence-corrected chi connectivity index (χ3v) is 7.17. The van der Waals surface area contributed by atoms with Crippen molar-refractivity contribution in [3.63, 3.8) is 0 Å². The van der Waals surface area contributed by atoms with E-state index in [1.807, 2.05) is 33.7 Å². The Bertz CT molecular complexity index is 1460. The summed E-state index contributed by atoms with van der Waals surface area (Å²) in [6, 6.07) is 31.4. The summed E-state index contributed by atoms with van der Waals surface area (Å²) in [5, 5.41) is 0. The Morgan fingerprint density at radius 2 is 1.49 bits per heavy atom. The van der Waals surface area contributed by atoms with Gasteiger partial charge >= 0.3 is 0 Å². The van der Waals surface area contributed by atoms with Gasteiger partial charge in [0.1, 0.15) is 11.5 Å². The standard InChI is InChI=1S/C31H28FN3O2/c32-26-13-7-8-23(20-26)22-35-27-14-19-37-29(27)21-28(35)31(36)34-17-15-33(16-18-34)30(24-9-3-1-4-10-24)25-11-5-2-6-12-25/h1-14,19-21,30H,15-18,22H2. The average Bonchev–Trinajstić information content (AvgIpc) is 3.53.